The van der Waals surface area contributed by atoms with Crippen molar-refractivity contribution in [3.8, 4) is 0 Å². The Morgan fingerprint density at radius 1 is 1.25 bits per heavy atom. The minimum absolute atomic E-state index is 0.0465. The van der Waals surface area contributed by atoms with Crippen molar-refractivity contribution in [1.29, 1.82) is 0 Å². The average Bonchev–Trinajstić information content (AvgIpc) is 3.18. The lowest BCUT2D eigenvalue weighted by Crippen LogP contribution is -2.27. The number of benzene rings is 1. The zero-order valence-electron chi connectivity index (χ0n) is 11.7. The van der Waals surface area contributed by atoms with Gasteiger partial charge < -0.3 is 4.90 Å². The molecule has 1 saturated heterocycles. The number of carbonyl (C=O) groups excluding carboxylic acids is 1. The molecule has 0 saturated carbocycles. The van der Waals surface area contributed by atoms with Crippen molar-refractivity contribution >= 4 is 5.91 Å². The summed E-state index contributed by atoms with van der Waals surface area (Å²) in [6, 6.07) is 12.1. The van der Waals surface area contributed by atoms with Crippen LogP contribution in [0.1, 0.15) is 47.4 Å². The van der Waals surface area contributed by atoms with Crippen LogP contribution in [-0.2, 0) is 0 Å². The highest BCUT2D eigenvalue weighted by Gasteiger charge is 2.22. The van der Waals surface area contributed by atoms with Crippen molar-refractivity contribution in [2.45, 2.75) is 25.7 Å². The molecule has 0 aliphatic carbocycles. The van der Waals surface area contributed by atoms with E-state index in [-0.39, 0.29) is 11.8 Å². The van der Waals surface area contributed by atoms with Gasteiger partial charge in [-0.3, -0.25) is 9.89 Å². The summed E-state index contributed by atoms with van der Waals surface area (Å²) in [6.45, 7) is 3.83. The van der Waals surface area contributed by atoms with Gasteiger partial charge in [0, 0.05) is 24.7 Å². The maximum Gasteiger partial charge on any atom is 0.274 e. The fourth-order valence-corrected chi connectivity index (χ4v) is 2.67. The van der Waals surface area contributed by atoms with E-state index in [1.807, 2.05) is 29.2 Å². The van der Waals surface area contributed by atoms with Gasteiger partial charge in [-0.25, -0.2) is 0 Å². The van der Waals surface area contributed by atoms with Gasteiger partial charge in [0.2, 0.25) is 0 Å². The van der Waals surface area contributed by atoms with E-state index in [0.717, 1.165) is 31.6 Å². The Bertz CT molecular complexity index is 585. The van der Waals surface area contributed by atoms with E-state index in [2.05, 4.69) is 29.3 Å². The van der Waals surface area contributed by atoms with E-state index in [1.54, 1.807) is 0 Å². The van der Waals surface area contributed by atoms with Crippen molar-refractivity contribution in [3.05, 3.63) is 53.3 Å². The van der Waals surface area contributed by atoms with E-state index in [9.17, 15) is 4.79 Å². The Kier molecular flexibility index (Phi) is 3.54. The number of likely N-dealkylation sites (tertiary alicyclic amines) is 1. The smallest absolute Gasteiger partial charge is 0.274 e. The van der Waals surface area contributed by atoms with E-state index in [0.29, 0.717) is 5.69 Å². The van der Waals surface area contributed by atoms with Crippen molar-refractivity contribution in [1.82, 2.24) is 15.1 Å². The van der Waals surface area contributed by atoms with Crippen LogP contribution in [0.2, 0.25) is 0 Å². The van der Waals surface area contributed by atoms with E-state index in [4.69, 9.17) is 0 Å². The molecule has 1 N–H and O–H groups in total. The van der Waals surface area contributed by atoms with Crippen LogP contribution in [0.15, 0.2) is 36.4 Å². The maximum atomic E-state index is 12.3. The summed E-state index contributed by atoms with van der Waals surface area (Å²) >= 11 is 0. The monoisotopic (exact) mass is 269 g/mol. The van der Waals surface area contributed by atoms with Crippen molar-refractivity contribution in [2.75, 3.05) is 13.1 Å². The second kappa shape index (κ2) is 5.49. The van der Waals surface area contributed by atoms with Crippen molar-refractivity contribution in [3.63, 3.8) is 0 Å². The molecule has 1 atom stereocenters. The first-order chi connectivity index (χ1) is 9.75. The highest BCUT2D eigenvalue weighted by molar-refractivity contribution is 5.92. The lowest BCUT2D eigenvalue weighted by molar-refractivity contribution is 0.0787. The number of carbonyl (C=O) groups is 1. The maximum absolute atomic E-state index is 12.3. The minimum Gasteiger partial charge on any atom is -0.337 e. The molecule has 0 spiro atoms. The number of H-pyrrole nitrogens is 1. The third kappa shape index (κ3) is 2.46. The summed E-state index contributed by atoms with van der Waals surface area (Å²) < 4.78 is 0. The summed E-state index contributed by atoms with van der Waals surface area (Å²) in [5.41, 5.74) is 2.74. The lowest BCUT2D eigenvalue weighted by Gasteiger charge is -2.12. The molecule has 1 fully saturated rings. The molecule has 3 rings (SSSR count). The van der Waals surface area contributed by atoms with Crippen LogP contribution < -0.4 is 0 Å². The van der Waals surface area contributed by atoms with Crippen LogP contribution in [0.5, 0.6) is 0 Å². The number of rotatable bonds is 3. The lowest BCUT2D eigenvalue weighted by atomic mass is 9.98. The van der Waals surface area contributed by atoms with Crippen LogP contribution in [-0.4, -0.2) is 34.1 Å². The summed E-state index contributed by atoms with van der Waals surface area (Å²) in [6.07, 6.45) is 2.20. The zero-order chi connectivity index (χ0) is 13.9. The summed E-state index contributed by atoms with van der Waals surface area (Å²) in [5.74, 6) is 0.258. The number of hydrogen-bond donors (Lipinski definition) is 1. The van der Waals surface area contributed by atoms with Crippen LogP contribution in [0.25, 0.3) is 0 Å². The number of aromatic nitrogens is 2. The second-order valence-corrected chi connectivity index (χ2v) is 5.34. The van der Waals surface area contributed by atoms with Crippen LogP contribution in [0, 0.1) is 0 Å². The predicted octanol–water partition coefficient (Wildman–Crippen LogP) is 2.80. The largest absolute Gasteiger partial charge is 0.337 e. The van der Waals surface area contributed by atoms with Gasteiger partial charge in [-0.2, -0.15) is 5.10 Å². The quantitative estimate of drug-likeness (QED) is 0.931. The molecule has 0 radical (unpaired) electrons. The first-order valence-electron chi connectivity index (χ1n) is 7.15. The molecule has 104 valence electrons. The third-order valence-corrected chi connectivity index (χ3v) is 3.98. The molecule has 1 aromatic carbocycles. The predicted molar refractivity (Wildman–Crippen MR) is 77.7 cm³/mol. The standard InChI is InChI=1S/C16H19N3O/c1-12(13-7-3-2-4-8-13)14-11-15(18-17-14)16(20)19-9-5-6-10-19/h2-4,7-8,11-12H,5-6,9-10H2,1H3,(H,17,18). The molecule has 4 nitrogen and oxygen atoms in total. The van der Waals surface area contributed by atoms with Crippen molar-refractivity contribution in [2.24, 2.45) is 0 Å². The highest BCUT2D eigenvalue weighted by Crippen LogP contribution is 2.23. The average molecular weight is 269 g/mol. The van der Waals surface area contributed by atoms with Gasteiger partial charge in [0.05, 0.1) is 0 Å². The van der Waals surface area contributed by atoms with Gasteiger partial charge in [0.15, 0.2) is 0 Å². The van der Waals surface area contributed by atoms with Gasteiger partial charge in [0.25, 0.3) is 5.91 Å². The van der Waals surface area contributed by atoms with Gasteiger partial charge in [-0.1, -0.05) is 37.3 Å². The van der Waals surface area contributed by atoms with Gasteiger partial charge in [0.1, 0.15) is 5.69 Å². The molecule has 2 heterocycles. The fourth-order valence-electron chi connectivity index (χ4n) is 2.67. The van der Waals surface area contributed by atoms with E-state index >= 15 is 0 Å². The zero-order valence-corrected chi connectivity index (χ0v) is 11.7. The number of nitrogens with zero attached hydrogens (tertiary/aromatic N) is 2. The molecule has 1 aromatic heterocycles. The normalized spacial score (nSPS) is 16.4. The summed E-state index contributed by atoms with van der Waals surface area (Å²) in [4.78, 5) is 14.1. The summed E-state index contributed by atoms with van der Waals surface area (Å²) in [7, 11) is 0. The molecule has 1 amide bonds. The molecule has 4 heteroatoms. The Hall–Kier alpha value is -2.10. The molecule has 1 aliphatic heterocycles. The van der Waals surface area contributed by atoms with Crippen LogP contribution in [0.4, 0.5) is 0 Å². The number of aromatic amines is 1. The van der Waals surface area contributed by atoms with E-state index in [1.165, 1.54) is 5.56 Å². The molecule has 2 aromatic rings. The Morgan fingerprint density at radius 3 is 2.65 bits per heavy atom. The van der Waals surface area contributed by atoms with E-state index < -0.39 is 0 Å². The minimum atomic E-state index is 0.0465. The molecule has 1 aliphatic rings. The Morgan fingerprint density at radius 2 is 1.95 bits per heavy atom. The molecule has 1 unspecified atom stereocenters. The van der Waals surface area contributed by atoms with Crippen LogP contribution in [0.3, 0.4) is 0 Å². The van der Waals surface area contributed by atoms with Gasteiger partial charge in [-0.15, -0.1) is 0 Å². The highest BCUT2D eigenvalue weighted by atomic mass is 16.2. The number of amides is 1. The molecular weight excluding hydrogens is 250 g/mol. The Balaban J connectivity index is 1.78. The first kappa shape index (κ1) is 12.9. The summed E-state index contributed by atoms with van der Waals surface area (Å²) in [5, 5.41) is 7.20. The fraction of sp³-hybridized carbons (Fsp3) is 0.375. The number of hydrogen-bond acceptors (Lipinski definition) is 2. The molecular formula is C16H19N3O. The molecule has 0 bridgehead atoms. The Labute approximate surface area is 118 Å². The van der Waals surface area contributed by atoms with Gasteiger partial charge >= 0.3 is 0 Å². The number of nitrogens with one attached hydrogen (secondary N) is 1. The third-order valence-electron chi connectivity index (χ3n) is 3.98. The molecule has 20 heavy (non-hydrogen) atoms. The first-order valence-corrected chi connectivity index (χ1v) is 7.15. The SMILES string of the molecule is CC(c1ccccc1)c1cc(C(=O)N2CCCC2)n[nH]1. The van der Waals surface area contributed by atoms with Gasteiger partial charge in [-0.05, 0) is 24.5 Å². The second-order valence-electron chi connectivity index (χ2n) is 5.34. The van der Waals surface area contributed by atoms with Crippen LogP contribution >= 0.6 is 0 Å². The topological polar surface area (TPSA) is 49.0 Å². The van der Waals surface area contributed by atoms with Crippen molar-refractivity contribution < 1.29 is 4.79 Å².